The Morgan fingerprint density at radius 2 is 1.59 bits per heavy atom. The predicted molar refractivity (Wildman–Crippen MR) is 163 cm³/mol. The number of imidazole rings is 1. The molecule has 0 spiro atoms. The van der Waals surface area contributed by atoms with Crippen LogP contribution in [0.15, 0.2) is 53.7 Å². The summed E-state index contributed by atoms with van der Waals surface area (Å²) in [7, 11) is 3.36. The zero-order valence-corrected chi connectivity index (χ0v) is 25.5. The van der Waals surface area contributed by atoms with Gasteiger partial charge in [-0.2, -0.15) is 0 Å². The standard InChI is InChI=1S/C32H45N3O3S/c1-8-19-35-30(25-12-16-27(38-7)17-13-25)29(24-10-14-26(37-6)15-11-24)34-31(35)39-20-9-18-33-28(36)21-23(2)22-32(3,4)5/h10-17,23H,8-9,18-22H2,1-7H3,(H,33,36). The van der Waals surface area contributed by atoms with Crippen LogP contribution in [0, 0.1) is 11.3 Å². The van der Waals surface area contributed by atoms with Gasteiger partial charge in [-0.3, -0.25) is 4.79 Å². The Hall–Kier alpha value is -2.93. The van der Waals surface area contributed by atoms with E-state index in [1.807, 2.05) is 24.3 Å². The lowest BCUT2D eigenvalue weighted by atomic mass is 9.84. The number of carbonyl (C=O) groups excluding carboxylic acids is 1. The molecule has 0 saturated carbocycles. The highest BCUT2D eigenvalue weighted by Crippen LogP contribution is 2.37. The Bertz CT molecular complexity index is 1180. The van der Waals surface area contributed by atoms with E-state index in [0.29, 0.717) is 18.9 Å². The van der Waals surface area contributed by atoms with Crippen molar-refractivity contribution in [3.05, 3.63) is 48.5 Å². The van der Waals surface area contributed by atoms with Crippen LogP contribution in [0.3, 0.4) is 0 Å². The van der Waals surface area contributed by atoms with Crippen molar-refractivity contribution in [1.29, 1.82) is 0 Å². The minimum Gasteiger partial charge on any atom is -0.497 e. The van der Waals surface area contributed by atoms with Crippen molar-refractivity contribution >= 4 is 17.7 Å². The number of ether oxygens (including phenoxy) is 2. The van der Waals surface area contributed by atoms with Crippen LogP contribution in [0.2, 0.25) is 0 Å². The van der Waals surface area contributed by atoms with E-state index in [9.17, 15) is 4.79 Å². The first-order chi connectivity index (χ1) is 18.6. The van der Waals surface area contributed by atoms with E-state index in [1.165, 1.54) is 0 Å². The molecule has 1 unspecified atom stereocenters. The molecular weight excluding hydrogens is 506 g/mol. The maximum Gasteiger partial charge on any atom is 0.220 e. The molecule has 0 bridgehead atoms. The second kappa shape index (κ2) is 14.5. The van der Waals surface area contributed by atoms with Gasteiger partial charge in [0.2, 0.25) is 5.91 Å². The molecule has 1 atom stereocenters. The summed E-state index contributed by atoms with van der Waals surface area (Å²) in [5.74, 6) is 3.06. The monoisotopic (exact) mass is 551 g/mol. The lowest BCUT2D eigenvalue weighted by Crippen LogP contribution is -2.27. The molecule has 0 aliphatic rings. The topological polar surface area (TPSA) is 65.4 Å². The first kappa shape index (κ1) is 30.6. The van der Waals surface area contributed by atoms with Crippen molar-refractivity contribution in [2.24, 2.45) is 11.3 Å². The molecule has 0 saturated heterocycles. The van der Waals surface area contributed by atoms with Gasteiger partial charge in [0.15, 0.2) is 5.16 Å². The summed E-state index contributed by atoms with van der Waals surface area (Å²) >= 11 is 1.75. The van der Waals surface area contributed by atoms with Crippen LogP contribution in [0.4, 0.5) is 0 Å². The third kappa shape index (κ3) is 9.06. The number of nitrogens with zero attached hydrogens (tertiary/aromatic N) is 2. The number of thioether (sulfide) groups is 1. The van der Waals surface area contributed by atoms with Crippen molar-refractivity contribution in [2.45, 2.75) is 72.0 Å². The lowest BCUT2D eigenvalue weighted by molar-refractivity contribution is -0.122. The number of nitrogens with one attached hydrogen (secondary N) is 1. The summed E-state index contributed by atoms with van der Waals surface area (Å²) < 4.78 is 13.1. The first-order valence-electron chi connectivity index (χ1n) is 13.9. The minimum atomic E-state index is 0.146. The summed E-state index contributed by atoms with van der Waals surface area (Å²) in [6, 6.07) is 16.3. The number of amides is 1. The predicted octanol–water partition coefficient (Wildman–Crippen LogP) is 7.71. The zero-order chi connectivity index (χ0) is 28.4. The summed E-state index contributed by atoms with van der Waals surface area (Å²) in [5, 5.41) is 4.11. The normalized spacial score (nSPS) is 12.3. The van der Waals surface area contributed by atoms with E-state index in [4.69, 9.17) is 14.5 Å². The van der Waals surface area contributed by atoms with Gasteiger partial charge in [0.25, 0.3) is 0 Å². The van der Waals surface area contributed by atoms with E-state index < -0.39 is 0 Å². The smallest absolute Gasteiger partial charge is 0.220 e. The molecule has 3 rings (SSSR count). The number of aromatic nitrogens is 2. The fraction of sp³-hybridized carbons (Fsp3) is 0.500. The number of benzene rings is 2. The molecule has 0 aliphatic carbocycles. The molecule has 39 heavy (non-hydrogen) atoms. The summed E-state index contributed by atoms with van der Waals surface area (Å²) in [5.41, 5.74) is 4.46. The Labute approximate surface area is 238 Å². The summed E-state index contributed by atoms with van der Waals surface area (Å²) in [4.78, 5) is 17.6. The van der Waals surface area contributed by atoms with Gasteiger partial charge in [-0.05, 0) is 79.1 Å². The molecule has 0 aliphatic heterocycles. The van der Waals surface area contributed by atoms with Gasteiger partial charge in [-0.25, -0.2) is 4.98 Å². The van der Waals surface area contributed by atoms with Crippen LogP contribution in [-0.4, -0.2) is 42.0 Å². The van der Waals surface area contributed by atoms with Gasteiger partial charge in [0, 0.05) is 36.4 Å². The molecular formula is C32H45N3O3S. The van der Waals surface area contributed by atoms with Crippen molar-refractivity contribution in [2.75, 3.05) is 26.5 Å². The van der Waals surface area contributed by atoms with Crippen molar-refractivity contribution in [3.8, 4) is 34.0 Å². The van der Waals surface area contributed by atoms with Crippen LogP contribution in [0.5, 0.6) is 11.5 Å². The molecule has 3 aromatic rings. The van der Waals surface area contributed by atoms with Gasteiger partial charge in [0.05, 0.1) is 25.6 Å². The van der Waals surface area contributed by atoms with Gasteiger partial charge in [0.1, 0.15) is 11.5 Å². The Kier molecular flexibility index (Phi) is 11.3. The second-order valence-corrected chi connectivity index (χ2v) is 12.4. The van der Waals surface area contributed by atoms with E-state index in [-0.39, 0.29) is 11.3 Å². The molecule has 7 heteroatoms. The number of methoxy groups -OCH3 is 2. The highest BCUT2D eigenvalue weighted by molar-refractivity contribution is 7.99. The second-order valence-electron chi connectivity index (χ2n) is 11.3. The van der Waals surface area contributed by atoms with Gasteiger partial charge in [-0.15, -0.1) is 0 Å². The van der Waals surface area contributed by atoms with Crippen molar-refractivity contribution in [3.63, 3.8) is 0 Å². The maximum atomic E-state index is 12.4. The lowest BCUT2D eigenvalue weighted by Gasteiger charge is -2.22. The van der Waals surface area contributed by atoms with E-state index in [2.05, 4.69) is 68.8 Å². The van der Waals surface area contributed by atoms with Crippen LogP contribution < -0.4 is 14.8 Å². The van der Waals surface area contributed by atoms with Gasteiger partial charge >= 0.3 is 0 Å². The highest BCUT2D eigenvalue weighted by atomic mass is 32.2. The highest BCUT2D eigenvalue weighted by Gasteiger charge is 2.21. The van der Waals surface area contributed by atoms with Crippen molar-refractivity contribution in [1.82, 2.24) is 14.9 Å². The van der Waals surface area contributed by atoms with E-state index in [1.54, 1.807) is 26.0 Å². The molecule has 0 radical (unpaired) electrons. The minimum absolute atomic E-state index is 0.146. The molecule has 6 nitrogen and oxygen atoms in total. The van der Waals surface area contributed by atoms with E-state index in [0.717, 1.165) is 70.7 Å². The molecule has 1 heterocycles. The third-order valence-corrected chi connectivity index (χ3v) is 7.54. The first-order valence-corrected chi connectivity index (χ1v) is 14.9. The third-order valence-electron chi connectivity index (χ3n) is 6.48. The van der Waals surface area contributed by atoms with Crippen LogP contribution in [0.25, 0.3) is 22.5 Å². The number of hydrogen-bond acceptors (Lipinski definition) is 5. The van der Waals surface area contributed by atoms with Crippen LogP contribution >= 0.6 is 11.8 Å². The number of carbonyl (C=O) groups is 1. The van der Waals surface area contributed by atoms with Crippen LogP contribution in [-0.2, 0) is 11.3 Å². The van der Waals surface area contributed by atoms with Gasteiger partial charge in [-0.1, -0.05) is 46.4 Å². The molecule has 1 amide bonds. The number of rotatable bonds is 14. The quantitative estimate of drug-likeness (QED) is 0.164. The summed E-state index contributed by atoms with van der Waals surface area (Å²) in [6.07, 6.45) is 3.52. The maximum absolute atomic E-state index is 12.4. The number of hydrogen-bond donors (Lipinski definition) is 1. The fourth-order valence-electron chi connectivity index (χ4n) is 4.93. The molecule has 1 aromatic heterocycles. The fourth-order valence-corrected chi connectivity index (χ4v) is 5.90. The van der Waals surface area contributed by atoms with Crippen LogP contribution in [0.1, 0.15) is 60.3 Å². The molecule has 212 valence electrons. The Morgan fingerprint density at radius 1 is 1.00 bits per heavy atom. The molecule has 0 fully saturated rings. The SMILES string of the molecule is CCCn1c(SCCCNC(=O)CC(C)CC(C)(C)C)nc(-c2ccc(OC)cc2)c1-c1ccc(OC)cc1. The average Bonchev–Trinajstić information content (AvgIpc) is 3.25. The van der Waals surface area contributed by atoms with Crippen molar-refractivity contribution < 1.29 is 14.3 Å². The largest absolute Gasteiger partial charge is 0.497 e. The molecule has 1 N–H and O–H groups in total. The van der Waals surface area contributed by atoms with E-state index >= 15 is 0 Å². The molecule has 2 aromatic carbocycles. The van der Waals surface area contributed by atoms with Gasteiger partial charge < -0.3 is 19.4 Å². The summed E-state index contributed by atoms with van der Waals surface area (Å²) in [6.45, 7) is 12.6. The Morgan fingerprint density at radius 3 is 2.13 bits per heavy atom. The zero-order valence-electron chi connectivity index (χ0n) is 24.7. The Balaban J connectivity index is 1.75. The average molecular weight is 552 g/mol.